The van der Waals surface area contributed by atoms with Crippen molar-refractivity contribution in [2.45, 2.75) is 4.90 Å². The Morgan fingerprint density at radius 2 is 1.82 bits per heavy atom. The van der Waals surface area contributed by atoms with Crippen molar-refractivity contribution in [2.75, 3.05) is 38.2 Å². The molecule has 0 spiro atoms. The van der Waals surface area contributed by atoms with E-state index >= 15 is 0 Å². The van der Waals surface area contributed by atoms with E-state index in [4.69, 9.17) is 15.2 Å². The molecule has 2 aromatic rings. The lowest BCUT2D eigenvalue weighted by Gasteiger charge is -2.33. The van der Waals surface area contributed by atoms with Gasteiger partial charge in [0.15, 0.2) is 5.13 Å². The van der Waals surface area contributed by atoms with E-state index in [2.05, 4.69) is 10.9 Å². The van der Waals surface area contributed by atoms with Gasteiger partial charge in [0.2, 0.25) is 10.0 Å². The Labute approximate surface area is 165 Å². The molecule has 154 valence electrons. The number of methoxy groups -OCH3 is 1. The molecule has 0 bridgehead atoms. The number of hydrogen-bond acceptors (Lipinski definition) is 10. The maximum absolute atomic E-state index is 12.7. The van der Waals surface area contributed by atoms with Gasteiger partial charge in [-0.3, -0.25) is 10.0 Å². The molecule has 5 N–H and O–H groups in total. The molecule has 1 aliphatic heterocycles. The monoisotopic (exact) mass is 431 g/mol. The number of ether oxygens (including phenoxy) is 1. The smallest absolute Gasteiger partial charge is 0.286 e. The first-order valence-electron chi connectivity index (χ1n) is 8.01. The zero-order valence-electron chi connectivity index (χ0n) is 15.0. The topological polar surface area (TPSA) is 158 Å². The highest BCUT2D eigenvalue weighted by atomic mass is 32.2. The van der Waals surface area contributed by atoms with Gasteiger partial charge in [0, 0.05) is 26.2 Å². The molecule has 0 saturated carbocycles. The molecule has 13 heteroatoms. The fourth-order valence-electron chi connectivity index (χ4n) is 2.59. The van der Waals surface area contributed by atoms with Crippen molar-refractivity contribution in [3.8, 4) is 5.75 Å². The molecule has 0 radical (unpaired) electrons. The molecule has 11 nitrogen and oxygen atoms in total. The van der Waals surface area contributed by atoms with Gasteiger partial charge in [-0.2, -0.15) is 4.31 Å². The van der Waals surface area contributed by atoms with E-state index in [1.54, 1.807) is 17.6 Å². The normalized spacial score (nSPS) is 14.8. The van der Waals surface area contributed by atoms with Gasteiger partial charge in [-0.15, -0.1) is 0 Å². The van der Waals surface area contributed by atoms with Gasteiger partial charge in [0.1, 0.15) is 10.6 Å². The summed E-state index contributed by atoms with van der Waals surface area (Å²) in [6, 6.07) is 6.29. The van der Waals surface area contributed by atoms with E-state index in [0.717, 1.165) is 11.3 Å². The summed E-state index contributed by atoms with van der Waals surface area (Å²) in [7, 11) is -2.04. The number of nitrogens with two attached hydrogens (primary N) is 1. The molecule has 1 saturated heterocycles. The van der Waals surface area contributed by atoms with Crippen LogP contribution in [0.3, 0.4) is 0 Å². The third-order valence-electron chi connectivity index (χ3n) is 4.03. The summed E-state index contributed by atoms with van der Waals surface area (Å²) in [5, 5.41) is 15.8. The number of nitrogens with one attached hydrogen (secondary N) is 1. The minimum absolute atomic E-state index is 0.225. The van der Waals surface area contributed by atoms with Crippen LogP contribution in [0.1, 0.15) is 9.67 Å². The van der Waals surface area contributed by atoms with Crippen LogP contribution in [0.4, 0.5) is 5.13 Å². The molecule has 1 aromatic carbocycles. The third-order valence-corrected chi connectivity index (χ3v) is 6.99. The molecular formula is C15H21N5O6S2. The van der Waals surface area contributed by atoms with Crippen LogP contribution in [0.15, 0.2) is 35.4 Å². The predicted octanol–water partition coefficient (Wildman–Crippen LogP) is 0.116. The van der Waals surface area contributed by atoms with Gasteiger partial charge < -0.3 is 14.8 Å². The molecule has 28 heavy (non-hydrogen) atoms. The number of hydroxylamine groups is 1. The minimum Gasteiger partial charge on any atom is -0.497 e. The second-order valence-corrected chi connectivity index (χ2v) is 8.46. The van der Waals surface area contributed by atoms with Crippen molar-refractivity contribution in [3.63, 3.8) is 0 Å². The quantitative estimate of drug-likeness (QED) is 0.381. The molecule has 3 rings (SSSR count). The van der Waals surface area contributed by atoms with E-state index in [9.17, 15) is 13.2 Å². The molecule has 0 unspecified atom stereocenters. The number of thiazole rings is 1. The highest BCUT2D eigenvalue weighted by Crippen LogP contribution is 2.26. The molecule has 1 aromatic heterocycles. The van der Waals surface area contributed by atoms with Crippen LogP contribution in [0.25, 0.3) is 0 Å². The van der Waals surface area contributed by atoms with Crippen LogP contribution in [-0.4, -0.2) is 67.3 Å². The number of hydrogen-bond donors (Lipinski definition) is 4. The number of amides is 1. The average molecular weight is 431 g/mol. The number of sulfonamides is 1. The van der Waals surface area contributed by atoms with E-state index in [-0.39, 0.29) is 9.77 Å². The lowest BCUT2D eigenvalue weighted by molar-refractivity contribution is 0.0710. The van der Waals surface area contributed by atoms with Crippen LogP contribution in [0, 0.1) is 0 Å². The Morgan fingerprint density at radius 3 is 2.36 bits per heavy atom. The summed E-state index contributed by atoms with van der Waals surface area (Å²) in [4.78, 5) is 18.0. The van der Waals surface area contributed by atoms with Gasteiger partial charge in [0.05, 0.1) is 18.2 Å². The van der Waals surface area contributed by atoms with Crippen molar-refractivity contribution >= 4 is 32.4 Å². The Hall–Kier alpha value is -2.29. The number of carbonyl (C=O) groups is 1. The first-order chi connectivity index (χ1) is 13.5. The molecule has 2 heterocycles. The maximum Gasteiger partial charge on any atom is 0.286 e. The lowest BCUT2D eigenvalue weighted by Crippen LogP contribution is -2.48. The summed E-state index contributed by atoms with van der Waals surface area (Å²) in [6.07, 6.45) is 1.38. The number of piperazine rings is 1. The average Bonchev–Trinajstić information content (AvgIpc) is 3.25. The van der Waals surface area contributed by atoms with E-state index in [1.165, 1.54) is 29.7 Å². The van der Waals surface area contributed by atoms with Crippen LogP contribution >= 0.6 is 11.3 Å². The molecule has 1 aliphatic rings. The van der Waals surface area contributed by atoms with E-state index in [0.29, 0.717) is 37.1 Å². The largest absolute Gasteiger partial charge is 0.497 e. The molecule has 0 atom stereocenters. The summed E-state index contributed by atoms with van der Waals surface area (Å²) in [5.74, 6) is 3.48. The Balaban J connectivity index is 0.00000136. The number of nitrogens with zero attached hydrogens (tertiary/aromatic N) is 3. The van der Waals surface area contributed by atoms with Crippen molar-refractivity contribution in [3.05, 3.63) is 35.3 Å². The Bertz CT molecular complexity index is 879. The first-order valence-corrected chi connectivity index (χ1v) is 10.3. The zero-order valence-corrected chi connectivity index (χ0v) is 16.6. The van der Waals surface area contributed by atoms with Crippen LogP contribution < -0.4 is 21.0 Å². The van der Waals surface area contributed by atoms with E-state index < -0.39 is 15.9 Å². The summed E-state index contributed by atoms with van der Waals surface area (Å²) >= 11 is 1.14. The highest BCUT2D eigenvalue weighted by molar-refractivity contribution is 7.89. The highest BCUT2D eigenvalue weighted by Gasteiger charge is 2.29. The van der Waals surface area contributed by atoms with Crippen LogP contribution in [0.2, 0.25) is 0 Å². The van der Waals surface area contributed by atoms with Gasteiger partial charge >= 0.3 is 0 Å². The second kappa shape index (κ2) is 9.77. The fraction of sp³-hybridized carbons (Fsp3) is 0.333. The summed E-state index contributed by atoms with van der Waals surface area (Å²) in [5.41, 5.74) is 1.57. The summed E-state index contributed by atoms with van der Waals surface area (Å²) in [6.45, 7) is 1.55. The SMILES string of the molecule is COc1ccc(S(=O)(=O)N2CCN(c3ncc(C(=O)NO)s3)CC2)cc1.NO. The number of aromatic nitrogens is 1. The van der Waals surface area contributed by atoms with Gasteiger partial charge in [-0.1, -0.05) is 11.3 Å². The van der Waals surface area contributed by atoms with Gasteiger partial charge in [-0.25, -0.2) is 24.8 Å². The minimum atomic E-state index is -3.57. The lowest BCUT2D eigenvalue weighted by atomic mass is 10.3. The molecule has 1 amide bonds. The van der Waals surface area contributed by atoms with Crippen molar-refractivity contribution < 1.29 is 28.4 Å². The van der Waals surface area contributed by atoms with Crippen LogP contribution in [0.5, 0.6) is 5.75 Å². The van der Waals surface area contributed by atoms with Crippen molar-refractivity contribution in [1.82, 2.24) is 14.8 Å². The second-order valence-electron chi connectivity index (χ2n) is 5.51. The first kappa shape index (κ1) is 22.0. The number of anilines is 1. The maximum atomic E-state index is 12.7. The number of carbonyl (C=O) groups excluding carboxylic acids is 1. The fourth-order valence-corrected chi connectivity index (χ4v) is 4.87. The van der Waals surface area contributed by atoms with Gasteiger partial charge in [0.25, 0.3) is 5.91 Å². The van der Waals surface area contributed by atoms with Crippen molar-refractivity contribution in [1.29, 1.82) is 0 Å². The molecule has 1 fully saturated rings. The van der Waals surface area contributed by atoms with Crippen LogP contribution in [-0.2, 0) is 10.0 Å². The Morgan fingerprint density at radius 1 is 1.21 bits per heavy atom. The van der Waals surface area contributed by atoms with Gasteiger partial charge in [-0.05, 0) is 24.3 Å². The molecular weight excluding hydrogens is 410 g/mol. The molecule has 0 aliphatic carbocycles. The number of benzene rings is 1. The standard InChI is InChI=1S/C15H18N4O5S2.H3NO/c1-24-11-2-4-12(5-3-11)26(22,23)19-8-6-18(7-9-19)15-16-10-13(25-15)14(20)17-21;1-2/h2-5,10,21H,6-9H2,1H3,(H,17,20);2H,1H2. The predicted molar refractivity (Wildman–Crippen MR) is 101 cm³/mol. The third kappa shape index (κ3) is 4.76. The van der Waals surface area contributed by atoms with Crippen molar-refractivity contribution in [2.24, 2.45) is 5.90 Å². The summed E-state index contributed by atoms with van der Waals surface area (Å²) < 4.78 is 32.0. The van der Waals surface area contributed by atoms with E-state index in [1.807, 2.05) is 4.90 Å². The number of rotatable bonds is 5. The zero-order chi connectivity index (χ0) is 20.7. The Kier molecular flexibility index (Phi) is 7.68.